The molecule has 0 radical (unpaired) electrons. The van der Waals surface area contributed by atoms with E-state index in [1.807, 2.05) is 54.9 Å². The van der Waals surface area contributed by atoms with Crippen LogP contribution in [0, 0.1) is 0 Å². The third-order valence-corrected chi connectivity index (χ3v) is 4.04. The zero-order valence-corrected chi connectivity index (χ0v) is 12.5. The van der Waals surface area contributed by atoms with E-state index in [0.29, 0.717) is 6.54 Å². The summed E-state index contributed by atoms with van der Waals surface area (Å²) in [5.74, 6) is -0.386. The van der Waals surface area contributed by atoms with Gasteiger partial charge in [0, 0.05) is 5.56 Å². The Morgan fingerprint density at radius 2 is 1.95 bits per heavy atom. The summed E-state index contributed by atoms with van der Waals surface area (Å²) < 4.78 is 0. The van der Waals surface area contributed by atoms with Crippen molar-refractivity contribution < 1.29 is 14.5 Å². The number of benzene rings is 1. The lowest BCUT2D eigenvalue weighted by Crippen LogP contribution is -3.09. The van der Waals surface area contributed by atoms with E-state index in [4.69, 9.17) is 5.73 Å². The van der Waals surface area contributed by atoms with E-state index in [1.165, 1.54) is 4.88 Å². The van der Waals surface area contributed by atoms with Gasteiger partial charge in [0.15, 0.2) is 6.04 Å². The Morgan fingerprint density at radius 1 is 1.24 bits per heavy atom. The monoisotopic (exact) mass is 304 g/mol. The molecule has 1 aromatic carbocycles. The van der Waals surface area contributed by atoms with Gasteiger partial charge in [-0.15, -0.1) is 11.3 Å². The van der Waals surface area contributed by atoms with Gasteiger partial charge in [-0.2, -0.15) is 0 Å². The first kappa shape index (κ1) is 15.2. The molecule has 1 aromatic heterocycles. The van der Waals surface area contributed by atoms with E-state index in [2.05, 4.69) is 5.32 Å². The number of nitrogens with one attached hydrogen (secondary N) is 2. The van der Waals surface area contributed by atoms with Crippen molar-refractivity contribution in [2.45, 2.75) is 12.6 Å². The van der Waals surface area contributed by atoms with Crippen LogP contribution in [-0.4, -0.2) is 19.0 Å². The van der Waals surface area contributed by atoms with Gasteiger partial charge >= 0.3 is 6.03 Å². The molecule has 5 nitrogen and oxygen atoms in total. The van der Waals surface area contributed by atoms with E-state index in [0.717, 1.165) is 10.5 Å². The van der Waals surface area contributed by atoms with E-state index in [-0.39, 0.29) is 5.91 Å². The number of quaternary nitrogens is 1. The lowest BCUT2D eigenvalue weighted by atomic mass is 10.0. The number of carbonyl (C=O) groups excluding carboxylic acids is 2. The van der Waals surface area contributed by atoms with Crippen LogP contribution in [0.3, 0.4) is 0 Å². The smallest absolute Gasteiger partial charge is 0.319 e. The highest BCUT2D eigenvalue weighted by atomic mass is 32.1. The van der Waals surface area contributed by atoms with Crippen LogP contribution in [0.2, 0.25) is 0 Å². The molecular formula is C15H18N3O2S+. The SMILES string of the molecule is C[NH+](Cc1cccs1)[C@@H](C(=O)NC(N)=O)c1ccccc1. The van der Waals surface area contributed by atoms with Crippen LogP contribution in [0.4, 0.5) is 4.79 Å². The van der Waals surface area contributed by atoms with Crippen LogP contribution in [-0.2, 0) is 11.3 Å². The number of amides is 3. The van der Waals surface area contributed by atoms with Gasteiger partial charge in [0.25, 0.3) is 5.91 Å². The first-order valence-corrected chi connectivity index (χ1v) is 7.46. The largest absolute Gasteiger partial charge is 0.351 e. The van der Waals surface area contributed by atoms with Gasteiger partial charge < -0.3 is 10.6 Å². The van der Waals surface area contributed by atoms with Crippen LogP contribution in [0.5, 0.6) is 0 Å². The van der Waals surface area contributed by atoms with Gasteiger partial charge in [-0.05, 0) is 11.4 Å². The average Bonchev–Trinajstić information content (AvgIpc) is 2.92. The molecular weight excluding hydrogens is 286 g/mol. The molecule has 2 aromatic rings. The van der Waals surface area contributed by atoms with Crippen LogP contribution in [0.25, 0.3) is 0 Å². The van der Waals surface area contributed by atoms with Gasteiger partial charge in [0.1, 0.15) is 6.54 Å². The van der Waals surface area contributed by atoms with E-state index in [1.54, 1.807) is 11.3 Å². The minimum absolute atomic E-state index is 0.386. The van der Waals surface area contributed by atoms with Crippen molar-refractivity contribution in [1.29, 1.82) is 0 Å². The Morgan fingerprint density at radius 3 is 2.52 bits per heavy atom. The number of hydrogen-bond acceptors (Lipinski definition) is 3. The molecule has 1 heterocycles. The lowest BCUT2D eigenvalue weighted by molar-refractivity contribution is -0.915. The molecule has 0 saturated heterocycles. The quantitative estimate of drug-likeness (QED) is 0.760. The van der Waals surface area contributed by atoms with Crippen LogP contribution in [0.15, 0.2) is 47.8 Å². The van der Waals surface area contributed by atoms with Crippen molar-refractivity contribution in [3.8, 4) is 0 Å². The summed E-state index contributed by atoms with van der Waals surface area (Å²) >= 11 is 1.65. The van der Waals surface area contributed by atoms with Crippen molar-refractivity contribution in [2.24, 2.45) is 5.73 Å². The van der Waals surface area contributed by atoms with Crippen LogP contribution >= 0.6 is 11.3 Å². The predicted molar refractivity (Wildman–Crippen MR) is 81.8 cm³/mol. The number of rotatable bonds is 5. The molecule has 0 aliphatic heterocycles. The Balaban J connectivity index is 2.22. The van der Waals surface area contributed by atoms with Gasteiger partial charge in [-0.1, -0.05) is 36.4 Å². The number of carbonyl (C=O) groups is 2. The number of imide groups is 1. The molecule has 3 amide bonds. The standard InChI is InChI=1S/C15H17N3O2S/c1-18(10-12-8-5-9-21-12)13(14(19)17-15(16)20)11-6-3-2-4-7-11/h2-9,13H,10H2,1H3,(H3,16,17,19,20)/p+1/t13-/m1/s1. The molecule has 0 saturated carbocycles. The number of likely N-dealkylation sites (N-methyl/N-ethyl adjacent to an activating group) is 1. The Labute approximate surface area is 127 Å². The fourth-order valence-electron chi connectivity index (χ4n) is 2.29. The third kappa shape index (κ3) is 4.14. The van der Waals surface area contributed by atoms with Crippen molar-refractivity contribution in [1.82, 2.24) is 5.32 Å². The zero-order chi connectivity index (χ0) is 15.2. The summed E-state index contributed by atoms with van der Waals surface area (Å²) in [4.78, 5) is 25.4. The molecule has 0 aliphatic carbocycles. The second-order valence-corrected chi connectivity index (χ2v) is 5.83. The van der Waals surface area contributed by atoms with Crippen LogP contribution < -0.4 is 16.0 Å². The van der Waals surface area contributed by atoms with Gasteiger partial charge in [0.05, 0.1) is 11.9 Å². The highest BCUT2D eigenvalue weighted by Gasteiger charge is 2.30. The number of nitrogens with two attached hydrogens (primary N) is 1. The molecule has 0 spiro atoms. The Kier molecular flexibility index (Phi) is 5.08. The Hall–Kier alpha value is -2.18. The van der Waals surface area contributed by atoms with Crippen molar-refractivity contribution in [3.63, 3.8) is 0 Å². The maximum absolute atomic E-state index is 12.3. The topological polar surface area (TPSA) is 76.6 Å². The van der Waals surface area contributed by atoms with Crippen molar-refractivity contribution in [3.05, 3.63) is 58.3 Å². The molecule has 2 rings (SSSR count). The average molecular weight is 304 g/mol. The summed E-state index contributed by atoms with van der Waals surface area (Å²) in [6, 6.07) is 12.1. The maximum atomic E-state index is 12.3. The molecule has 2 atom stereocenters. The first-order valence-electron chi connectivity index (χ1n) is 6.58. The molecule has 110 valence electrons. The number of hydrogen-bond donors (Lipinski definition) is 3. The minimum Gasteiger partial charge on any atom is -0.351 e. The van der Waals surface area contributed by atoms with Crippen LogP contribution in [0.1, 0.15) is 16.5 Å². The molecule has 0 aliphatic rings. The number of primary amides is 1. The van der Waals surface area contributed by atoms with E-state index in [9.17, 15) is 9.59 Å². The summed E-state index contributed by atoms with van der Waals surface area (Å²) in [5.41, 5.74) is 5.92. The van der Waals surface area contributed by atoms with Crippen molar-refractivity contribution in [2.75, 3.05) is 7.05 Å². The molecule has 0 fully saturated rings. The third-order valence-electron chi connectivity index (χ3n) is 3.17. The molecule has 1 unspecified atom stereocenters. The van der Waals surface area contributed by atoms with E-state index >= 15 is 0 Å². The van der Waals surface area contributed by atoms with Crippen molar-refractivity contribution >= 4 is 23.3 Å². The Bertz CT molecular complexity index is 599. The molecule has 21 heavy (non-hydrogen) atoms. The molecule has 4 N–H and O–H groups in total. The van der Waals surface area contributed by atoms with Gasteiger partial charge in [0.2, 0.25) is 0 Å². The minimum atomic E-state index is -0.829. The molecule has 6 heteroatoms. The summed E-state index contributed by atoms with van der Waals surface area (Å²) in [5, 5.41) is 4.19. The fraction of sp³-hybridized carbons (Fsp3) is 0.200. The summed E-state index contributed by atoms with van der Waals surface area (Å²) in [6.45, 7) is 0.698. The molecule has 0 bridgehead atoms. The highest BCUT2D eigenvalue weighted by molar-refractivity contribution is 7.09. The summed E-state index contributed by atoms with van der Waals surface area (Å²) in [7, 11) is 1.93. The normalized spacial score (nSPS) is 13.4. The fourth-order valence-corrected chi connectivity index (χ4v) is 3.09. The zero-order valence-electron chi connectivity index (χ0n) is 11.7. The first-order chi connectivity index (χ1) is 10.1. The number of thiophene rings is 1. The lowest BCUT2D eigenvalue weighted by Gasteiger charge is -2.23. The number of urea groups is 1. The second kappa shape index (κ2) is 7.01. The van der Waals surface area contributed by atoms with E-state index < -0.39 is 12.1 Å². The summed E-state index contributed by atoms with van der Waals surface area (Å²) in [6.07, 6.45) is 0. The maximum Gasteiger partial charge on any atom is 0.319 e. The predicted octanol–water partition coefficient (Wildman–Crippen LogP) is 0.699. The highest BCUT2D eigenvalue weighted by Crippen LogP contribution is 2.12. The van der Waals surface area contributed by atoms with Gasteiger partial charge in [-0.3, -0.25) is 10.1 Å². The van der Waals surface area contributed by atoms with Gasteiger partial charge in [-0.25, -0.2) is 4.79 Å². The second-order valence-electron chi connectivity index (χ2n) is 4.80.